The van der Waals surface area contributed by atoms with Gasteiger partial charge in [-0.3, -0.25) is 0 Å². The molecule has 0 bridgehead atoms. The molecule has 2 nitrogen and oxygen atoms in total. The second-order valence-electron chi connectivity index (χ2n) is 16.6. The van der Waals surface area contributed by atoms with Crippen LogP contribution in [0.4, 0.5) is 0 Å². The molecule has 5 fully saturated rings. The number of hydrogen-bond acceptors (Lipinski definition) is 2. The van der Waals surface area contributed by atoms with E-state index in [9.17, 15) is 0 Å². The fourth-order valence-electron chi connectivity index (χ4n) is 8.93. The molecular formula is C52H62BO2Zr+2. The molecule has 9 rings (SSSR count). The molecule has 1 N–H and O–H groups in total. The predicted molar refractivity (Wildman–Crippen MR) is 235 cm³/mol. The Bertz CT molecular complexity index is 1410. The fourth-order valence-corrected chi connectivity index (χ4v) is 8.93. The summed E-state index contributed by atoms with van der Waals surface area (Å²) in [5.41, 5.74) is 4.86. The fraction of sp³-hybridized carbons (Fsp3) is 0.346. The van der Waals surface area contributed by atoms with Crippen molar-refractivity contribution in [1.82, 2.24) is 0 Å². The largest absolute Gasteiger partial charge is 3.00 e. The molecule has 4 aromatic carbocycles. The van der Waals surface area contributed by atoms with Gasteiger partial charge in [-0.15, -0.1) is 0 Å². The summed E-state index contributed by atoms with van der Waals surface area (Å²) >= 11 is 0. The average molecular weight is 821 g/mol. The van der Waals surface area contributed by atoms with Crippen LogP contribution in [0, 0.1) is 61.2 Å². The van der Waals surface area contributed by atoms with Gasteiger partial charge in [0.05, 0.1) is 5.60 Å². The third kappa shape index (κ3) is 12.4. The predicted octanol–water partition coefficient (Wildman–Crippen LogP) is 9.84. The Hall–Kier alpha value is -2.25. The van der Waals surface area contributed by atoms with Crippen molar-refractivity contribution >= 4 is 28.0 Å². The van der Waals surface area contributed by atoms with Crippen LogP contribution in [0.5, 0.6) is 0 Å². The summed E-state index contributed by atoms with van der Waals surface area (Å²) in [6.45, 7) is 7.23. The topological polar surface area (TPSA) is 29.5 Å². The molecule has 0 unspecified atom stereocenters. The van der Waals surface area contributed by atoms with Crippen molar-refractivity contribution in [1.29, 1.82) is 0 Å². The van der Waals surface area contributed by atoms with E-state index >= 15 is 0 Å². The van der Waals surface area contributed by atoms with Gasteiger partial charge in [0, 0.05) is 13.2 Å². The second kappa shape index (κ2) is 22.8. The number of benzene rings is 4. The number of aliphatic hydroxyl groups is 1. The first-order valence-corrected chi connectivity index (χ1v) is 21.0. The second-order valence-corrected chi connectivity index (χ2v) is 16.6. The van der Waals surface area contributed by atoms with E-state index in [0.717, 1.165) is 13.2 Å². The van der Waals surface area contributed by atoms with Crippen LogP contribution in [0.1, 0.15) is 97.8 Å². The van der Waals surface area contributed by atoms with E-state index in [0.29, 0.717) is 0 Å². The van der Waals surface area contributed by atoms with Gasteiger partial charge in [-0.25, -0.2) is 0 Å². The third-order valence-corrected chi connectivity index (χ3v) is 11.5. The Labute approximate surface area is 361 Å². The zero-order valence-electron chi connectivity index (χ0n) is 34.2. The van der Waals surface area contributed by atoms with Gasteiger partial charge < -0.3 is 9.84 Å². The van der Waals surface area contributed by atoms with Crippen molar-refractivity contribution in [2.75, 3.05) is 13.2 Å². The SMILES string of the molecule is C1CCOC1.CC(C)(C)O.[CH]1[CH][C](CC[C]2[CH][CH][C]3CCCC[C]32)[C]2CCCC[C]12.[Zr+3].c1ccc([B-](c2ccccc2)(c2ccccc2)c2ccccc2)cc1. The molecule has 0 atom stereocenters. The van der Waals surface area contributed by atoms with Gasteiger partial charge in [0.1, 0.15) is 6.15 Å². The summed E-state index contributed by atoms with van der Waals surface area (Å²) in [7, 11) is 0. The molecule has 0 spiro atoms. The average Bonchev–Trinajstić information content (AvgIpc) is 4.02. The summed E-state index contributed by atoms with van der Waals surface area (Å²) < 4.78 is 4.94. The third-order valence-electron chi connectivity index (χ3n) is 11.5. The van der Waals surface area contributed by atoms with Gasteiger partial charge >= 0.3 is 26.2 Å². The van der Waals surface area contributed by atoms with Crippen molar-refractivity contribution in [2.24, 2.45) is 0 Å². The quantitative estimate of drug-likeness (QED) is 0.188. The van der Waals surface area contributed by atoms with Gasteiger partial charge in [-0.05, 0) is 133 Å². The van der Waals surface area contributed by atoms with Crippen LogP contribution in [0.15, 0.2) is 121 Å². The Morgan fingerprint density at radius 2 is 0.768 bits per heavy atom. The molecule has 4 aromatic rings. The van der Waals surface area contributed by atoms with E-state index in [-0.39, 0.29) is 26.2 Å². The van der Waals surface area contributed by atoms with Gasteiger partial charge in [-0.2, -0.15) is 21.9 Å². The molecule has 287 valence electrons. The first kappa shape index (κ1) is 44.8. The molecule has 11 radical (unpaired) electrons. The normalized spacial score (nSPS) is 19.6. The van der Waals surface area contributed by atoms with Crippen LogP contribution in [0.2, 0.25) is 0 Å². The molecule has 4 heteroatoms. The smallest absolute Gasteiger partial charge is 0.391 e. The van der Waals surface area contributed by atoms with Gasteiger partial charge in [0.2, 0.25) is 0 Å². The first-order chi connectivity index (χ1) is 26.8. The number of hydrogen-bond donors (Lipinski definition) is 1. The van der Waals surface area contributed by atoms with Crippen molar-refractivity contribution in [2.45, 2.75) is 103 Å². The first-order valence-electron chi connectivity index (χ1n) is 21.0. The summed E-state index contributed by atoms with van der Waals surface area (Å²) in [6, 6.07) is 43.5. The van der Waals surface area contributed by atoms with Gasteiger partial charge in [-0.1, -0.05) is 147 Å². The number of rotatable bonds is 7. The Balaban J connectivity index is 0.000000172. The van der Waals surface area contributed by atoms with Crippen LogP contribution in [0.3, 0.4) is 0 Å². The van der Waals surface area contributed by atoms with Crippen molar-refractivity contribution in [3.05, 3.63) is 183 Å². The zero-order chi connectivity index (χ0) is 38.4. The summed E-state index contributed by atoms with van der Waals surface area (Å²) in [6.07, 6.45) is 24.3. The van der Waals surface area contributed by atoms with Gasteiger partial charge in [0.15, 0.2) is 0 Å². The van der Waals surface area contributed by atoms with Gasteiger partial charge in [0.25, 0.3) is 0 Å². The molecule has 1 heterocycles. The minimum absolute atomic E-state index is 0. The Kier molecular flexibility index (Phi) is 18.2. The molecule has 4 aliphatic carbocycles. The summed E-state index contributed by atoms with van der Waals surface area (Å²) in [5.74, 6) is 10.00. The van der Waals surface area contributed by atoms with Crippen LogP contribution in [-0.4, -0.2) is 30.1 Å². The van der Waals surface area contributed by atoms with E-state index in [4.69, 9.17) is 9.84 Å². The standard InChI is InChI=1S/C24H20B.C20H24.C4H8O.C4H10O.Zr/c1-5-13-21(14-6-1)25(22-15-7-2-8-16-22,23-17-9-3-10-18-23)24-19-11-4-12-20-24;1-3-7-19-15(5-1)9-11-17(19)13-14-18-12-10-16-6-2-4-8-20(16)18;1-2-4-5-3-1;1-4(2,3)5;/h1-20H;9-12H,1-8,13-14H2;1-4H2;5H,1-3H3;/q-1;;;;+3. The molecule has 0 aromatic heterocycles. The molecule has 1 saturated heterocycles. The maximum atomic E-state index is 8.52. The van der Waals surface area contributed by atoms with Crippen LogP contribution < -0.4 is 21.9 Å². The molecule has 4 saturated carbocycles. The minimum Gasteiger partial charge on any atom is -0.391 e. The van der Waals surface area contributed by atoms with Crippen LogP contribution in [-0.2, 0) is 30.9 Å². The Morgan fingerprint density at radius 3 is 1.05 bits per heavy atom. The zero-order valence-corrected chi connectivity index (χ0v) is 36.6. The van der Waals surface area contributed by atoms with E-state index in [2.05, 4.69) is 147 Å². The number of ether oxygens (including phenoxy) is 1. The van der Waals surface area contributed by atoms with Crippen molar-refractivity contribution in [3.63, 3.8) is 0 Å². The van der Waals surface area contributed by atoms with Crippen molar-refractivity contribution in [3.8, 4) is 0 Å². The summed E-state index contributed by atoms with van der Waals surface area (Å²) in [4.78, 5) is 0. The summed E-state index contributed by atoms with van der Waals surface area (Å²) in [5, 5.41) is 8.52. The van der Waals surface area contributed by atoms with E-state index < -0.39 is 11.7 Å². The maximum Gasteiger partial charge on any atom is 3.00 e. The minimum atomic E-state index is -1.22. The van der Waals surface area contributed by atoms with Crippen LogP contribution in [0.25, 0.3) is 0 Å². The van der Waals surface area contributed by atoms with E-state index in [1.807, 2.05) is 0 Å². The van der Waals surface area contributed by atoms with E-state index in [1.165, 1.54) is 98.9 Å². The molecule has 1 aliphatic heterocycles. The molecular weight excluding hydrogens is 759 g/mol. The maximum absolute atomic E-state index is 8.52. The van der Waals surface area contributed by atoms with Crippen LogP contribution >= 0.6 is 0 Å². The molecule has 56 heavy (non-hydrogen) atoms. The number of fused-ring (bicyclic) bond motifs is 2. The monoisotopic (exact) mass is 819 g/mol. The molecule has 0 amide bonds. The van der Waals surface area contributed by atoms with Crippen molar-refractivity contribution < 1.29 is 36.0 Å². The molecule has 5 aliphatic rings. The Morgan fingerprint density at radius 1 is 0.464 bits per heavy atom. The van der Waals surface area contributed by atoms with E-state index in [1.54, 1.807) is 56.3 Å².